The summed E-state index contributed by atoms with van der Waals surface area (Å²) >= 11 is 11.8. The number of nitrogens with zero attached hydrogens (tertiary/aromatic N) is 3. The lowest BCUT2D eigenvalue weighted by molar-refractivity contribution is 0.277. The van der Waals surface area contributed by atoms with Crippen LogP contribution in [-0.4, -0.2) is 26.7 Å². The van der Waals surface area contributed by atoms with E-state index in [1.807, 2.05) is 0 Å². The van der Waals surface area contributed by atoms with Crippen LogP contribution in [0.5, 0.6) is 0 Å². The number of aromatic nitrogens is 3. The first-order valence-electron chi connectivity index (χ1n) is 4.51. The Bertz CT molecular complexity index is 483. The maximum Gasteiger partial charge on any atom is 0.114 e. The Hall–Kier alpha value is -0.840. The van der Waals surface area contributed by atoms with Gasteiger partial charge in [0.15, 0.2) is 0 Å². The number of aliphatic hydroxyl groups is 1. The molecule has 0 radical (unpaired) electrons. The Labute approximate surface area is 96.4 Å². The quantitative estimate of drug-likeness (QED) is 0.902. The zero-order valence-corrected chi connectivity index (χ0v) is 9.33. The Balaban J connectivity index is 2.45. The van der Waals surface area contributed by atoms with Gasteiger partial charge in [0, 0.05) is 13.2 Å². The average Bonchev–Trinajstić information content (AvgIpc) is 2.59. The molecule has 0 aliphatic carbocycles. The molecule has 0 saturated heterocycles. The molecule has 0 amide bonds. The van der Waals surface area contributed by atoms with E-state index < -0.39 is 0 Å². The minimum absolute atomic E-state index is 0.128. The summed E-state index contributed by atoms with van der Waals surface area (Å²) in [4.78, 5) is 0. The second-order valence-electron chi connectivity index (χ2n) is 3.14. The molecule has 1 aromatic heterocycles. The van der Waals surface area contributed by atoms with Gasteiger partial charge in [0.05, 0.1) is 15.6 Å². The number of hydrogen-bond donors (Lipinski definition) is 1. The lowest BCUT2D eigenvalue weighted by atomic mass is 10.3. The minimum atomic E-state index is 0.128. The SMILES string of the molecule is OCCCn1nnc2cc(Cl)c(Cl)cc21. The number of aliphatic hydroxyl groups excluding tert-OH is 1. The van der Waals surface area contributed by atoms with Crippen LogP contribution in [0.3, 0.4) is 0 Å². The van der Waals surface area contributed by atoms with Gasteiger partial charge in [-0.25, -0.2) is 4.68 Å². The molecule has 0 fully saturated rings. The zero-order chi connectivity index (χ0) is 10.8. The molecule has 0 spiro atoms. The molecule has 1 aromatic carbocycles. The lowest BCUT2D eigenvalue weighted by Gasteiger charge is -2.00. The van der Waals surface area contributed by atoms with Crippen LogP contribution in [0.1, 0.15) is 6.42 Å². The zero-order valence-electron chi connectivity index (χ0n) is 7.82. The van der Waals surface area contributed by atoms with Crippen LogP contribution in [0, 0.1) is 0 Å². The van der Waals surface area contributed by atoms with Crippen LogP contribution in [0.2, 0.25) is 10.0 Å². The summed E-state index contributed by atoms with van der Waals surface area (Å²) in [6.07, 6.45) is 0.638. The number of rotatable bonds is 3. The van der Waals surface area contributed by atoms with Gasteiger partial charge in [-0.2, -0.15) is 0 Å². The van der Waals surface area contributed by atoms with Crippen LogP contribution in [0.25, 0.3) is 11.0 Å². The molecule has 0 bridgehead atoms. The summed E-state index contributed by atoms with van der Waals surface area (Å²) in [5, 5.41) is 17.6. The van der Waals surface area contributed by atoms with E-state index in [9.17, 15) is 0 Å². The molecule has 0 aliphatic rings. The Morgan fingerprint density at radius 3 is 2.73 bits per heavy atom. The topological polar surface area (TPSA) is 50.9 Å². The highest BCUT2D eigenvalue weighted by molar-refractivity contribution is 6.42. The van der Waals surface area contributed by atoms with Gasteiger partial charge < -0.3 is 5.11 Å². The first-order chi connectivity index (χ1) is 7.22. The van der Waals surface area contributed by atoms with Crippen molar-refractivity contribution >= 4 is 34.2 Å². The van der Waals surface area contributed by atoms with Gasteiger partial charge in [-0.3, -0.25) is 0 Å². The molecule has 0 aliphatic heterocycles. The highest BCUT2D eigenvalue weighted by Gasteiger charge is 2.07. The van der Waals surface area contributed by atoms with Crippen molar-refractivity contribution < 1.29 is 5.11 Å². The van der Waals surface area contributed by atoms with Gasteiger partial charge in [-0.1, -0.05) is 28.4 Å². The highest BCUT2D eigenvalue weighted by atomic mass is 35.5. The molecule has 1 N–H and O–H groups in total. The molecule has 4 nitrogen and oxygen atoms in total. The highest BCUT2D eigenvalue weighted by Crippen LogP contribution is 2.26. The van der Waals surface area contributed by atoms with E-state index in [2.05, 4.69) is 10.3 Å². The Kier molecular flexibility index (Phi) is 3.09. The normalized spacial score (nSPS) is 11.1. The summed E-state index contributed by atoms with van der Waals surface area (Å²) in [5.41, 5.74) is 1.54. The van der Waals surface area contributed by atoms with E-state index in [4.69, 9.17) is 28.3 Å². The molecule has 80 valence electrons. The molecule has 0 atom stereocenters. The van der Waals surface area contributed by atoms with Crippen LogP contribution in [0.4, 0.5) is 0 Å². The largest absolute Gasteiger partial charge is 0.396 e. The minimum Gasteiger partial charge on any atom is -0.396 e. The second-order valence-corrected chi connectivity index (χ2v) is 3.96. The number of hydrogen-bond acceptors (Lipinski definition) is 3. The molecule has 1 heterocycles. The molecule has 0 unspecified atom stereocenters. The second kappa shape index (κ2) is 4.35. The van der Waals surface area contributed by atoms with Crippen LogP contribution in [0.15, 0.2) is 12.1 Å². The van der Waals surface area contributed by atoms with Crippen LogP contribution >= 0.6 is 23.2 Å². The fourth-order valence-corrected chi connectivity index (χ4v) is 1.66. The number of benzene rings is 1. The summed E-state index contributed by atoms with van der Waals surface area (Å²) in [6, 6.07) is 3.41. The van der Waals surface area contributed by atoms with E-state index in [-0.39, 0.29) is 6.61 Å². The van der Waals surface area contributed by atoms with Gasteiger partial charge in [0.1, 0.15) is 5.52 Å². The van der Waals surface area contributed by atoms with Crippen molar-refractivity contribution in [3.8, 4) is 0 Å². The standard InChI is InChI=1S/C9H9Cl2N3O/c10-6-4-8-9(5-7(6)11)14(13-12-8)2-1-3-15/h4-5,15H,1-3H2. The summed E-state index contributed by atoms with van der Waals surface area (Å²) < 4.78 is 1.70. The summed E-state index contributed by atoms with van der Waals surface area (Å²) in [6.45, 7) is 0.744. The van der Waals surface area contributed by atoms with Gasteiger partial charge in [-0.05, 0) is 18.6 Å². The van der Waals surface area contributed by atoms with E-state index in [1.54, 1.807) is 16.8 Å². The van der Waals surface area contributed by atoms with Crippen molar-refractivity contribution in [1.82, 2.24) is 15.0 Å². The van der Waals surface area contributed by atoms with Crippen molar-refractivity contribution in [2.24, 2.45) is 0 Å². The Morgan fingerprint density at radius 2 is 2.00 bits per heavy atom. The lowest BCUT2D eigenvalue weighted by Crippen LogP contribution is -2.01. The van der Waals surface area contributed by atoms with Crippen molar-refractivity contribution in [2.75, 3.05) is 6.61 Å². The molecule has 0 saturated carbocycles. The third kappa shape index (κ3) is 2.07. The summed E-state index contributed by atoms with van der Waals surface area (Å²) in [5.74, 6) is 0. The Morgan fingerprint density at radius 1 is 1.27 bits per heavy atom. The van der Waals surface area contributed by atoms with Gasteiger partial charge >= 0.3 is 0 Å². The average molecular weight is 246 g/mol. The molecular weight excluding hydrogens is 237 g/mol. The molecule has 2 aromatic rings. The number of aryl methyl sites for hydroxylation is 1. The van der Waals surface area contributed by atoms with Crippen molar-refractivity contribution in [3.05, 3.63) is 22.2 Å². The first kappa shape index (κ1) is 10.7. The predicted molar refractivity (Wildman–Crippen MR) is 59.3 cm³/mol. The van der Waals surface area contributed by atoms with Crippen molar-refractivity contribution in [1.29, 1.82) is 0 Å². The number of halogens is 2. The maximum absolute atomic E-state index is 8.73. The third-order valence-electron chi connectivity index (χ3n) is 2.08. The van der Waals surface area contributed by atoms with Crippen LogP contribution < -0.4 is 0 Å². The predicted octanol–water partition coefficient (Wildman–Crippen LogP) is 2.12. The van der Waals surface area contributed by atoms with Crippen molar-refractivity contribution in [2.45, 2.75) is 13.0 Å². The smallest absolute Gasteiger partial charge is 0.114 e. The molecular formula is C9H9Cl2N3O. The van der Waals surface area contributed by atoms with Crippen LogP contribution in [-0.2, 0) is 6.54 Å². The van der Waals surface area contributed by atoms with Gasteiger partial charge in [0.25, 0.3) is 0 Å². The van der Waals surface area contributed by atoms with E-state index in [0.29, 0.717) is 28.5 Å². The summed E-state index contributed by atoms with van der Waals surface area (Å²) in [7, 11) is 0. The van der Waals surface area contributed by atoms with Gasteiger partial charge in [0.2, 0.25) is 0 Å². The molecule has 6 heteroatoms. The maximum atomic E-state index is 8.73. The first-order valence-corrected chi connectivity index (χ1v) is 5.27. The van der Waals surface area contributed by atoms with E-state index in [1.165, 1.54) is 0 Å². The monoisotopic (exact) mass is 245 g/mol. The van der Waals surface area contributed by atoms with Gasteiger partial charge in [-0.15, -0.1) is 5.10 Å². The van der Waals surface area contributed by atoms with E-state index in [0.717, 1.165) is 5.52 Å². The fourth-order valence-electron chi connectivity index (χ4n) is 1.35. The third-order valence-corrected chi connectivity index (χ3v) is 2.81. The number of fused-ring (bicyclic) bond motifs is 1. The molecule has 15 heavy (non-hydrogen) atoms. The molecule has 2 rings (SSSR count). The van der Waals surface area contributed by atoms with E-state index >= 15 is 0 Å². The fraction of sp³-hybridized carbons (Fsp3) is 0.333. The van der Waals surface area contributed by atoms with Crippen molar-refractivity contribution in [3.63, 3.8) is 0 Å².